The van der Waals surface area contributed by atoms with E-state index in [-0.39, 0.29) is 0 Å². The number of carbonyl (C=O) groups is 1. The summed E-state index contributed by atoms with van der Waals surface area (Å²) in [5, 5.41) is 4.20. The van der Waals surface area contributed by atoms with E-state index < -0.39 is 0 Å². The summed E-state index contributed by atoms with van der Waals surface area (Å²) in [6.45, 7) is 6.67. The van der Waals surface area contributed by atoms with Crippen LogP contribution in [0, 0.1) is 20.8 Å². The predicted octanol–water partition coefficient (Wildman–Crippen LogP) is 2.51. The Labute approximate surface area is 113 Å². The van der Waals surface area contributed by atoms with E-state index in [1.54, 1.807) is 4.90 Å². The number of aromatic nitrogens is 2. The van der Waals surface area contributed by atoms with Gasteiger partial charge in [-0.3, -0.25) is 9.48 Å². The monoisotopic (exact) mass is 257 g/mol. The Morgan fingerprint density at radius 2 is 2.00 bits per heavy atom. The summed E-state index contributed by atoms with van der Waals surface area (Å²) < 4.78 is 1.82. The largest absolute Gasteiger partial charge is 0.310 e. The fourth-order valence-electron chi connectivity index (χ4n) is 1.98. The Morgan fingerprint density at radius 1 is 1.26 bits per heavy atom. The summed E-state index contributed by atoms with van der Waals surface area (Å²) in [5.41, 5.74) is 5.48. The van der Waals surface area contributed by atoms with Crippen molar-refractivity contribution in [1.82, 2.24) is 9.78 Å². The van der Waals surface area contributed by atoms with Gasteiger partial charge in [-0.05, 0) is 44.0 Å². The van der Waals surface area contributed by atoms with Gasteiger partial charge in [-0.1, -0.05) is 6.07 Å². The van der Waals surface area contributed by atoms with E-state index in [2.05, 4.69) is 18.9 Å². The lowest BCUT2D eigenvalue weighted by Crippen LogP contribution is -2.20. The van der Waals surface area contributed by atoms with Crippen LogP contribution in [0.15, 0.2) is 24.4 Å². The zero-order valence-corrected chi connectivity index (χ0v) is 11.8. The molecule has 1 aromatic carbocycles. The van der Waals surface area contributed by atoms with Gasteiger partial charge < -0.3 is 4.90 Å². The number of nitrogens with zero attached hydrogens (tertiary/aromatic N) is 3. The number of carbonyl (C=O) groups excluding carboxylic acids is 1. The van der Waals surface area contributed by atoms with Gasteiger partial charge in [-0.25, -0.2) is 0 Å². The Balaban J connectivity index is 2.27. The Kier molecular flexibility index (Phi) is 3.69. The highest BCUT2D eigenvalue weighted by Gasteiger charge is 2.11. The Bertz CT molecular complexity index is 601. The molecule has 0 aliphatic heterocycles. The molecular weight excluding hydrogens is 238 g/mol. The smallest absolute Gasteiger partial charge is 0.214 e. The molecule has 0 bridgehead atoms. The summed E-state index contributed by atoms with van der Waals surface area (Å²) in [6.07, 6.45) is 2.68. The van der Waals surface area contributed by atoms with Crippen molar-refractivity contribution in [2.24, 2.45) is 7.05 Å². The van der Waals surface area contributed by atoms with Crippen molar-refractivity contribution < 1.29 is 4.79 Å². The van der Waals surface area contributed by atoms with E-state index >= 15 is 0 Å². The molecule has 1 amide bonds. The van der Waals surface area contributed by atoms with Crippen LogP contribution in [0.25, 0.3) is 0 Å². The van der Waals surface area contributed by atoms with Gasteiger partial charge in [0.1, 0.15) is 0 Å². The highest BCUT2D eigenvalue weighted by atomic mass is 16.1. The molecule has 0 saturated carbocycles. The molecule has 19 heavy (non-hydrogen) atoms. The molecule has 0 spiro atoms. The number of amides is 1. The predicted molar refractivity (Wildman–Crippen MR) is 76.1 cm³/mol. The van der Waals surface area contributed by atoms with E-state index in [1.165, 1.54) is 11.1 Å². The average Bonchev–Trinajstić information content (AvgIpc) is 2.71. The molecule has 2 rings (SSSR count). The van der Waals surface area contributed by atoms with Crippen molar-refractivity contribution in [3.63, 3.8) is 0 Å². The van der Waals surface area contributed by atoms with Crippen LogP contribution in [0.2, 0.25) is 0 Å². The molecule has 100 valence electrons. The van der Waals surface area contributed by atoms with Crippen LogP contribution in [-0.4, -0.2) is 16.2 Å². The quantitative estimate of drug-likeness (QED) is 0.789. The first-order valence-electron chi connectivity index (χ1n) is 6.29. The molecule has 0 N–H and O–H groups in total. The first-order valence-corrected chi connectivity index (χ1v) is 6.29. The minimum Gasteiger partial charge on any atom is -0.310 e. The summed E-state index contributed by atoms with van der Waals surface area (Å²) in [4.78, 5) is 13.0. The highest BCUT2D eigenvalue weighted by molar-refractivity contribution is 5.75. The second-order valence-corrected chi connectivity index (χ2v) is 4.88. The number of anilines is 1. The van der Waals surface area contributed by atoms with Crippen molar-refractivity contribution in [3.8, 4) is 0 Å². The second kappa shape index (κ2) is 5.26. The molecule has 2 aromatic rings. The van der Waals surface area contributed by atoms with Gasteiger partial charge in [-0.2, -0.15) is 5.10 Å². The van der Waals surface area contributed by atoms with Crippen LogP contribution in [0.4, 0.5) is 5.69 Å². The first-order chi connectivity index (χ1) is 9.02. The third kappa shape index (κ3) is 2.67. The minimum atomic E-state index is 0.547. The van der Waals surface area contributed by atoms with Crippen molar-refractivity contribution in [2.75, 3.05) is 4.90 Å². The molecule has 1 aromatic heterocycles. The van der Waals surface area contributed by atoms with Crippen LogP contribution in [-0.2, 0) is 18.4 Å². The fraction of sp³-hybridized carbons (Fsp3) is 0.333. The third-order valence-corrected chi connectivity index (χ3v) is 3.63. The molecule has 0 unspecified atom stereocenters. The van der Waals surface area contributed by atoms with Gasteiger partial charge in [0.2, 0.25) is 6.41 Å². The lowest BCUT2D eigenvalue weighted by atomic mass is 10.1. The average molecular weight is 257 g/mol. The molecule has 0 aliphatic carbocycles. The lowest BCUT2D eigenvalue weighted by Gasteiger charge is -2.18. The Hall–Kier alpha value is -2.10. The molecule has 0 saturated heterocycles. The van der Waals surface area contributed by atoms with Gasteiger partial charge in [0.05, 0.1) is 12.7 Å². The van der Waals surface area contributed by atoms with Crippen molar-refractivity contribution in [2.45, 2.75) is 27.3 Å². The number of hydrogen-bond acceptors (Lipinski definition) is 2. The first kappa shape index (κ1) is 13.3. The van der Waals surface area contributed by atoms with E-state index in [9.17, 15) is 4.79 Å². The van der Waals surface area contributed by atoms with Crippen molar-refractivity contribution in [1.29, 1.82) is 0 Å². The van der Waals surface area contributed by atoms with E-state index in [4.69, 9.17) is 0 Å². The van der Waals surface area contributed by atoms with Crippen LogP contribution in [0.3, 0.4) is 0 Å². The molecular formula is C15H19N3O. The summed E-state index contributed by atoms with van der Waals surface area (Å²) in [5.74, 6) is 0. The molecule has 0 radical (unpaired) electrons. The van der Waals surface area contributed by atoms with Gasteiger partial charge in [0.15, 0.2) is 0 Å². The molecule has 0 fully saturated rings. The molecule has 0 atom stereocenters. The summed E-state index contributed by atoms with van der Waals surface area (Å²) in [7, 11) is 1.90. The van der Waals surface area contributed by atoms with Gasteiger partial charge in [0, 0.05) is 24.0 Å². The van der Waals surface area contributed by atoms with Crippen molar-refractivity contribution in [3.05, 3.63) is 46.8 Å². The summed E-state index contributed by atoms with van der Waals surface area (Å²) >= 11 is 0. The van der Waals surface area contributed by atoms with E-state index in [1.807, 2.05) is 43.0 Å². The summed E-state index contributed by atoms with van der Waals surface area (Å²) in [6, 6.07) is 6.05. The number of benzene rings is 1. The zero-order chi connectivity index (χ0) is 14.0. The number of rotatable bonds is 4. The SMILES string of the molecule is Cc1ccc(N(C=O)Cc2cnn(C)c2C)cc1C. The van der Waals surface area contributed by atoms with Crippen LogP contribution in [0.1, 0.15) is 22.4 Å². The standard InChI is InChI=1S/C15H19N3O/c1-11-5-6-15(7-12(11)2)18(10-19)9-14-8-16-17(4)13(14)3/h5-8,10H,9H2,1-4H3. The zero-order valence-electron chi connectivity index (χ0n) is 11.8. The van der Waals surface area contributed by atoms with Gasteiger partial charge >= 0.3 is 0 Å². The minimum absolute atomic E-state index is 0.547. The normalized spacial score (nSPS) is 10.5. The molecule has 0 aliphatic rings. The highest BCUT2D eigenvalue weighted by Crippen LogP contribution is 2.20. The maximum atomic E-state index is 11.3. The van der Waals surface area contributed by atoms with Gasteiger partial charge in [0.25, 0.3) is 0 Å². The van der Waals surface area contributed by atoms with Crippen LogP contribution < -0.4 is 4.90 Å². The fourth-order valence-corrected chi connectivity index (χ4v) is 1.98. The second-order valence-electron chi connectivity index (χ2n) is 4.88. The maximum Gasteiger partial charge on any atom is 0.214 e. The van der Waals surface area contributed by atoms with E-state index in [0.29, 0.717) is 6.54 Å². The van der Waals surface area contributed by atoms with Gasteiger partial charge in [-0.15, -0.1) is 0 Å². The molecule has 1 heterocycles. The number of hydrogen-bond donors (Lipinski definition) is 0. The topological polar surface area (TPSA) is 38.1 Å². The number of aryl methyl sites for hydroxylation is 3. The van der Waals surface area contributed by atoms with Crippen LogP contribution >= 0.6 is 0 Å². The molecule has 4 nitrogen and oxygen atoms in total. The third-order valence-electron chi connectivity index (χ3n) is 3.63. The maximum absolute atomic E-state index is 11.3. The van der Waals surface area contributed by atoms with Crippen LogP contribution in [0.5, 0.6) is 0 Å². The Morgan fingerprint density at radius 3 is 2.53 bits per heavy atom. The molecule has 4 heteroatoms. The van der Waals surface area contributed by atoms with Crippen molar-refractivity contribution >= 4 is 12.1 Å². The lowest BCUT2D eigenvalue weighted by molar-refractivity contribution is -0.107. The van der Waals surface area contributed by atoms with E-state index in [0.717, 1.165) is 23.4 Å².